The number of rotatable bonds is 4. The molecule has 1 fully saturated rings. The molecule has 1 aliphatic heterocycles. The number of aromatic carboxylic acids is 1. The van der Waals surface area contributed by atoms with Crippen LogP contribution >= 0.6 is 11.3 Å². The maximum absolute atomic E-state index is 10.6. The van der Waals surface area contributed by atoms with Gasteiger partial charge in [0.25, 0.3) is 0 Å². The standard InChI is InChI=1S/C9H12N2O3S/c1-2-14-6-3-11(4-6)9-10-7(5-15-9)8(12)13/h5-6H,2-4H2,1H3,(H,12,13). The lowest BCUT2D eigenvalue weighted by molar-refractivity contribution is 0.0430. The van der Waals surface area contributed by atoms with Crippen LogP contribution in [0.15, 0.2) is 5.38 Å². The molecule has 0 unspecified atom stereocenters. The van der Waals surface area contributed by atoms with Gasteiger partial charge in [-0.15, -0.1) is 11.3 Å². The van der Waals surface area contributed by atoms with Gasteiger partial charge in [-0.3, -0.25) is 0 Å². The lowest BCUT2D eigenvalue weighted by Crippen LogP contribution is -2.52. The van der Waals surface area contributed by atoms with E-state index in [0.29, 0.717) is 0 Å². The Morgan fingerprint density at radius 3 is 3.07 bits per heavy atom. The molecule has 1 aromatic heterocycles. The summed E-state index contributed by atoms with van der Waals surface area (Å²) in [6, 6.07) is 0. The highest BCUT2D eigenvalue weighted by molar-refractivity contribution is 7.13. The van der Waals surface area contributed by atoms with Crippen LogP contribution < -0.4 is 4.90 Å². The van der Waals surface area contributed by atoms with Crippen molar-refractivity contribution in [1.29, 1.82) is 0 Å². The van der Waals surface area contributed by atoms with Gasteiger partial charge in [0, 0.05) is 25.1 Å². The zero-order valence-electron chi connectivity index (χ0n) is 8.34. The summed E-state index contributed by atoms with van der Waals surface area (Å²) in [7, 11) is 0. The maximum Gasteiger partial charge on any atom is 0.355 e. The number of carbonyl (C=O) groups is 1. The van der Waals surface area contributed by atoms with Crippen LogP contribution in [0.4, 0.5) is 5.13 Å². The van der Waals surface area contributed by atoms with Crippen molar-refractivity contribution in [3.63, 3.8) is 0 Å². The first-order valence-electron chi connectivity index (χ1n) is 4.76. The lowest BCUT2D eigenvalue weighted by Gasteiger charge is -2.38. The molecule has 0 amide bonds. The van der Waals surface area contributed by atoms with E-state index < -0.39 is 5.97 Å². The van der Waals surface area contributed by atoms with E-state index in [4.69, 9.17) is 9.84 Å². The molecule has 0 aromatic carbocycles. The van der Waals surface area contributed by atoms with Gasteiger partial charge in [0.1, 0.15) is 0 Å². The van der Waals surface area contributed by atoms with Crippen molar-refractivity contribution >= 4 is 22.4 Å². The number of nitrogens with zero attached hydrogens (tertiary/aromatic N) is 2. The van der Waals surface area contributed by atoms with Crippen molar-refractivity contribution in [3.05, 3.63) is 11.1 Å². The average Bonchev–Trinajstić information content (AvgIpc) is 2.59. The number of ether oxygens (including phenoxy) is 1. The minimum absolute atomic E-state index is 0.120. The highest BCUT2D eigenvalue weighted by atomic mass is 32.1. The minimum atomic E-state index is -0.973. The van der Waals surface area contributed by atoms with E-state index in [1.54, 1.807) is 5.38 Å². The molecule has 2 heterocycles. The molecule has 0 saturated carbocycles. The average molecular weight is 228 g/mol. The predicted molar refractivity (Wildman–Crippen MR) is 56.7 cm³/mol. The van der Waals surface area contributed by atoms with Gasteiger partial charge in [-0.05, 0) is 6.92 Å². The first-order valence-corrected chi connectivity index (χ1v) is 5.64. The van der Waals surface area contributed by atoms with E-state index in [9.17, 15) is 4.79 Å². The molecule has 5 nitrogen and oxygen atoms in total. The molecule has 0 bridgehead atoms. The highest BCUT2D eigenvalue weighted by Crippen LogP contribution is 2.26. The third-order valence-electron chi connectivity index (χ3n) is 2.23. The number of hydrogen-bond acceptors (Lipinski definition) is 5. The quantitative estimate of drug-likeness (QED) is 0.835. The molecule has 6 heteroatoms. The monoisotopic (exact) mass is 228 g/mol. The van der Waals surface area contributed by atoms with E-state index >= 15 is 0 Å². The summed E-state index contributed by atoms with van der Waals surface area (Å²) in [5.41, 5.74) is 0.120. The number of carboxylic acids is 1. The summed E-state index contributed by atoms with van der Waals surface area (Å²) in [5, 5.41) is 11.0. The molecular formula is C9H12N2O3S. The van der Waals surface area contributed by atoms with Crippen LogP contribution in [0.2, 0.25) is 0 Å². The first kappa shape index (κ1) is 10.4. The largest absolute Gasteiger partial charge is 0.476 e. The Bertz CT molecular complexity index is 360. The Hall–Kier alpha value is -1.14. The Labute approximate surface area is 91.3 Å². The molecule has 1 aliphatic rings. The fourth-order valence-electron chi connectivity index (χ4n) is 1.44. The lowest BCUT2D eigenvalue weighted by atomic mass is 10.2. The van der Waals surface area contributed by atoms with E-state index in [1.165, 1.54) is 11.3 Å². The molecule has 2 rings (SSSR count). The normalized spacial score (nSPS) is 16.5. The third-order valence-corrected chi connectivity index (χ3v) is 3.13. The van der Waals surface area contributed by atoms with Crippen LogP contribution in [0, 0.1) is 0 Å². The zero-order chi connectivity index (χ0) is 10.8. The van der Waals surface area contributed by atoms with Crippen molar-refractivity contribution in [3.8, 4) is 0 Å². The van der Waals surface area contributed by atoms with E-state index in [0.717, 1.165) is 24.8 Å². The molecule has 1 aromatic rings. The van der Waals surface area contributed by atoms with Crippen LogP contribution in [0.3, 0.4) is 0 Å². The molecule has 0 atom stereocenters. The molecule has 0 spiro atoms. The van der Waals surface area contributed by atoms with Crippen molar-refractivity contribution in [1.82, 2.24) is 4.98 Å². The van der Waals surface area contributed by atoms with E-state index in [2.05, 4.69) is 4.98 Å². The third kappa shape index (κ3) is 2.10. The smallest absolute Gasteiger partial charge is 0.355 e. The fourth-order valence-corrected chi connectivity index (χ4v) is 2.26. The second kappa shape index (κ2) is 4.16. The van der Waals surface area contributed by atoms with Gasteiger partial charge in [-0.1, -0.05) is 0 Å². The highest BCUT2D eigenvalue weighted by Gasteiger charge is 2.29. The van der Waals surface area contributed by atoms with Gasteiger partial charge in [-0.25, -0.2) is 9.78 Å². The second-order valence-corrected chi connectivity index (χ2v) is 4.14. The Balaban J connectivity index is 1.92. The van der Waals surface area contributed by atoms with Crippen LogP contribution in [-0.2, 0) is 4.74 Å². The second-order valence-electron chi connectivity index (χ2n) is 3.30. The summed E-state index contributed by atoms with van der Waals surface area (Å²) >= 11 is 1.36. The summed E-state index contributed by atoms with van der Waals surface area (Å²) in [6.07, 6.45) is 0.271. The summed E-state index contributed by atoms with van der Waals surface area (Å²) in [5.74, 6) is -0.973. The zero-order valence-corrected chi connectivity index (χ0v) is 9.16. The SMILES string of the molecule is CCOC1CN(c2nc(C(=O)O)cs2)C1. The van der Waals surface area contributed by atoms with Crippen LogP contribution in [0.1, 0.15) is 17.4 Å². The topological polar surface area (TPSA) is 62.7 Å². The van der Waals surface area contributed by atoms with Gasteiger partial charge in [0.05, 0.1) is 6.10 Å². The van der Waals surface area contributed by atoms with E-state index in [1.807, 2.05) is 11.8 Å². The molecule has 1 saturated heterocycles. The van der Waals surface area contributed by atoms with Gasteiger partial charge in [0.2, 0.25) is 0 Å². The number of aromatic nitrogens is 1. The molecule has 82 valence electrons. The Kier molecular flexibility index (Phi) is 2.88. The van der Waals surface area contributed by atoms with Crippen LogP contribution in [0.5, 0.6) is 0 Å². The summed E-state index contributed by atoms with van der Waals surface area (Å²) in [4.78, 5) is 16.7. The molecule has 0 radical (unpaired) electrons. The van der Waals surface area contributed by atoms with Gasteiger partial charge >= 0.3 is 5.97 Å². The predicted octanol–water partition coefficient (Wildman–Crippen LogP) is 1.07. The van der Waals surface area contributed by atoms with Gasteiger partial charge in [-0.2, -0.15) is 0 Å². The van der Waals surface area contributed by atoms with Gasteiger partial charge < -0.3 is 14.7 Å². The number of anilines is 1. The summed E-state index contributed by atoms with van der Waals surface area (Å²) < 4.78 is 5.40. The Morgan fingerprint density at radius 2 is 2.53 bits per heavy atom. The Morgan fingerprint density at radius 1 is 1.80 bits per heavy atom. The maximum atomic E-state index is 10.6. The summed E-state index contributed by atoms with van der Waals surface area (Å²) in [6.45, 7) is 4.30. The van der Waals surface area contributed by atoms with Gasteiger partial charge in [0.15, 0.2) is 10.8 Å². The number of carboxylic acid groups (broad SMARTS) is 1. The molecule has 15 heavy (non-hydrogen) atoms. The first-order chi connectivity index (χ1) is 7.20. The van der Waals surface area contributed by atoms with Crippen molar-refractivity contribution in [2.75, 3.05) is 24.6 Å². The van der Waals surface area contributed by atoms with Crippen LogP contribution in [-0.4, -0.2) is 41.9 Å². The van der Waals surface area contributed by atoms with Crippen LogP contribution in [0.25, 0.3) is 0 Å². The minimum Gasteiger partial charge on any atom is -0.476 e. The van der Waals surface area contributed by atoms with Crippen molar-refractivity contribution in [2.45, 2.75) is 13.0 Å². The van der Waals surface area contributed by atoms with Crippen molar-refractivity contribution in [2.24, 2.45) is 0 Å². The van der Waals surface area contributed by atoms with E-state index in [-0.39, 0.29) is 11.8 Å². The van der Waals surface area contributed by atoms with Crippen molar-refractivity contribution < 1.29 is 14.6 Å². The number of hydrogen-bond donors (Lipinski definition) is 1. The number of thiazole rings is 1. The molecule has 0 aliphatic carbocycles. The molecule has 1 N–H and O–H groups in total. The fraction of sp³-hybridized carbons (Fsp3) is 0.556. The molecular weight excluding hydrogens is 216 g/mol.